The van der Waals surface area contributed by atoms with E-state index < -0.39 is 0 Å². The second-order valence-electron chi connectivity index (χ2n) is 10.7. The fourth-order valence-electron chi connectivity index (χ4n) is 4.47. The van der Waals surface area contributed by atoms with Crippen LogP contribution in [0.2, 0.25) is 0 Å². The molecule has 4 aromatic carbocycles. The fraction of sp³-hybridized carbons (Fsp3) is 0.294. The van der Waals surface area contributed by atoms with Crippen LogP contribution in [0.25, 0.3) is 21.5 Å². The Morgan fingerprint density at radius 1 is 0.838 bits per heavy atom. The molecule has 0 bridgehead atoms. The van der Waals surface area contributed by atoms with E-state index in [0.29, 0.717) is 11.8 Å². The van der Waals surface area contributed by atoms with Gasteiger partial charge in [0, 0.05) is 0 Å². The molecule has 0 spiro atoms. The van der Waals surface area contributed by atoms with Gasteiger partial charge in [-0.15, -0.1) is 39.7 Å². The van der Waals surface area contributed by atoms with Gasteiger partial charge in [-0.1, -0.05) is 75.9 Å². The third-order valence-corrected chi connectivity index (χ3v) is 7.21. The summed E-state index contributed by atoms with van der Waals surface area (Å²) < 4.78 is 2.21. The first-order chi connectivity index (χ1) is 16.6. The van der Waals surface area contributed by atoms with E-state index in [0.717, 1.165) is 0 Å². The zero-order valence-electron chi connectivity index (χ0n) is 23.1. The number of hydrogen-bond acceptors (Lipinski definition) is 0. The summed E-state index contributed by atoms with van der Waals surface area (Å²) in [5.41, 5.74) is 5.85. The van der Waals surface area contributed by atoms with Crippen molar-refractivity contribution in [2.45, 2.75) is 53.9 Å². The van der Waals surface area contributed by atoms with Crippen molar-refractivity contribution in [2.24, 2.45) is 11.8 Å². The van der Waals surface area contributed by atoms with E-state index in [9.17, 15) is 0 Å². The van der Waals surface area contributed by atoms with Crippen molar-refractivity contribution in [1.82, 2.24) is 0 Å². The van der Waals surface area contributed by atoms with E-state index in [1.165, 1.54) is 68.1 Å². The van der Waals surface area contributed by atoms with Crippen molar-refractivity contribution in [1.29, 1.82) is 0 Å². The maximum absolute atomic E-state index is 3.37. The molecular formula is C34H38Cl2Zr-2. The molecule has 1 unspecified atom stereocenters. The van der Waals surface area contributed by atoms with Gasteiger partial charge in [0.15, 0.2) is 0 Å². The Balaban J connectivity index is 0.000000273. The molecule has 1 aliphatic rings. The molecule has 5 rings (SSSR count). The Hall–Kier alpha value is -1.66. The Kier molecular flexibility index (Phi) is 13.6. The van der Waals surface area contributed by atoms with Gasteiger partial charge in [-0.05, 0) is 0 Å². The van der Waals surface area contributed by atoms with E-state index in [-0.39, 0.29) is 30.2 Å². The minimum absolute atomic E-state index is 0. The van der Waals surface area contributed by atoms with E-state index in [4.69, 9.17) is 0 Å². The Morgan fingerprint density at radius 3 is 1.68 bits per heavy atom. The topological polar surface area (TPSA) is 0 Å². The van der Waals surface area contributed by atoms with Gasteiger partial charge in [-0.3, -0.25) is 6.08 Å². The van der Waals surface area contributed by atoms with Gasteiger partial charge in [0.25, 0.3) is 0 Å². The van der Waals surface area contributed by atoms with Crippen LogP contribution in [-0.4, -0.2) is 3.71 Å². The first kappa shape index (κ1) is 33.4. The predicted octanol–water partition coefficient (Wildman–Crippen LogP) is 3.37. The Labute approximate surface area is 251 Å². The summed E-state index contributed by atoms with van der Waals surface area (Å²) in [7, 11) is 0. The first-order valence-corrected chi connectivity index (χ1v) is 14.0. The molecule has 0 aromatic heterocycles. The Bertz CT molecular complexity index is 1280. The molecule has 1 atom stereocenters. The molecule has 0 amide bonds. The summed E-state index contributed by atoms with van der Waals surface area (Å²) in [6, 6.07) is 28.1. The van der Waals surface area contributed by atoms with Crippen LogP contribution < -0.4 is 24.8 Å². The molecule has 0 aliphatic heterocycles. The third kappa shape index (κ3) is 9.24. The van der Waals surface area contributed by atoms with Crippen LogP contribution >= 0.6 is 0 Å². The Morgan fingerprint density at radius 2 is 1.32 bits per heavy atom. The predicted molar refractivity (Wildman–Crippen MR) is 152 cm³/mol. The average molecular weight is 609 g/mol. The van der Waals surface area contributed by atoms with Crippen LogP contribution in [0.4, 0.5) is 0 Å². The van der Waals surface area contributed by atoms with Gasteiger partial charge in [0.05, 0.1) is 0 Å². The molecule has 1 aliphatic carbocycles. The first-order valence-electron chi connectivity index (χ1n) is 12.6. The molecule has 0 saturated carbocycles. The molecule has 0 radical (unpaired) electrons. The quantitative estimate of drug-likeness (QED) is 0.307. The standard InChI is InChI=1S/C13H9.C11H14.C10H15.2ClH.Zr/c1-3-7-12-10(5-1)9-11-6-2-4-8-13(11)12;1-9-5-7-10(8-6-9)11(2,3)4;1-7(2)10-6-8(3)5-9(10)4;;;/h1-9H;1,5-8H,2-4H3;6-8H,1-4H3;2*1H;/q-1;;-1;;;+2/p-2. The van der Waals surface area contributed by atoms with E-state index >= 15 is 0 Å². The molecular weight excluding hydrogens is 571 g/mol. The summed E-state index contributed by atoms with van der Waals surface area (Å²) in [6.07, 6.45) is 5.68. The molecule has 3 heteroatoms. The third-order valence-electron chi connectivity index (χ3n) is 6.39. The maximum Gasteiger partial charge on any atom is -0.0733 e. The summed E-state index contributed by atoms with van der Waals surface area (Å²) in [5, 5.41) is 5.39. The molecule has 4 aromatic rings. The molecule has 0 fully saturated rings. The number of allylic oxidation sites excluding steroid dienone is 4. The van der Waals surface area contributed by atoms with Crippen LogP contribution in [0.3, 0.4) is 0 Å². The van der Waals surface area contributed by atoms with Crippen molar-refractivity contribution in [2.75, 3.05) is 0 Å². The zero-order valence-corrected chi connectivity index (χ0v) is 27.0. The minimum Gasteiger partial charge on any atom is -1.00 e. The number of benzene rings is 3. The van der Waals surface area contributed by atoms with Gasteiger partial charge >= 0.3 is 89.5 Å². The van der Waals surface area contributed by atoms with Crippen LogP contribution in [-0.2, 0) is 29.7 Å². The number of rotatable bonds is 2. The summed E-state index contributed by atoms with van der Waals surface area (Å²) in [4.78, 5) is 0. The van der Waals surface area contributed by atoms with Crippen molar-refractivity contribution < 1.29 is 49.0 Å². The van der Waals surface area contributed by atoms with Crippen LogP contribution in [0.5, 0.6) is 0 Å². The van der Waals surface area contributed by atoms with Crippen molar-refractivity contribution >= 4 is 25.3 Å². The molecule has 0 saturated heterocycles. The van der Waals surface area contributed by atoms with E-state index in [1.54, 1.807) is 0 Å². The van der Waals surface area contributed by atoms with Gasteiger partial charge in [0.2, 0.25) is 0 Å². The van der Waals surface area contributed by atoms with Crippen LogP contribution in [0.1, 0.15) is 59.6 Å². The van der Waals surface area contributed by atoms with Gasteiger partial charge in [-0.25, -0.2) is 5.57 Å². The maximum atomic E-state index is 3.37. The second kappa shape index (κ2) is 15.1. The largest absolute Gasteiger partial charge is 1.00 e. The molecule has 0 nitrogen and oxygen atoms in total. The second-order valence-corrected chi connectivity index (χ2v) is 11.4. The van der Waals surface area contributed by atoms with E-state index in [2.05, 4.69) is 143 Å². The van der Waals surface area contributed by atoms with E-state index in [1.807, 2.05) is 0 Å². The minimum atomic E-state index is 0. The summed E-state index contributed by atoms with van der Waals surface area (Å²) in [6.45, 7) is 15.5. The molecule has 194 valence electrons. The zero-order chi connectivity index (χ0) is 25.6. The molecule has 37 heavy (non-hydrogen) atoms. The van der Waals surface area contributed by atoms with Crippen molar-refractivity contribution in [3.63, 3.8) is 0 Å². The van der Waals surface area contributed by atoms with Gasteiger partial charge in [-0.2, -0.15) is 11.6 Å². The molecule has 0 N–H and O–H groups in total. The normalized spacial score (nSPS) is 14.4. The smallest absolute Gasteiger partial charge is 0.0733 e. The summed E-state index contributed by atoms with van der Waals surface area (Å²) in [5.74, 6) is 1.20. The average Bonchev–Trinajstić information content (AvgIpc) is 3.38. The van der Waals surface area contributed by atoms with Gasteiger partial charge < -0.3 is 24.8 Å². The SMILES string of the molecule is CC(C)(C)c1ccc([CH]=[Zr+2])cc1.CC1=[C-]C(C)C=C1C(C)C.[Cl-].[Cl-].c1ccc2c(c1)[cH-]c1ccccc12. The van der Waals surface area contributed by atoms with Crippen LogP contribution in [0.15, 0.2) is 96.1 Å². The van der Waals surface area contributed by atoms with Crippen molar-refractivity contribution in [3.05, 3.63) is 113 Å². The van der Waals surface area contributed by atoms with Gasteiger partial charge in [0.1, 0.15) is 0 Å². The number of hydrogen-bond donors (Lipinski definition) is 0. The monoisotopic (exact) mass is 606 g/mol. The number of fused-ring (bicyclic) bond motifs is 3. The van der Waals surface area contributed by atoms with Crippen molar-refractivity contribution in [3.8, 4) is 0 Å². The fourth-order valence-corrected chi connectivity index (χ4v) is 4.94. The summed E-state index contributed by atoms with van der Waals surface area (Å²) >= 11 is 1.46. The number of halogens is 2. The molecule has 0 heterocycles. The van der Waals surface area contributed by atoms with Crippen LogP contribution in [0, 0.1) is 17.9 Å².